The Morgan fingerprint density at radius 3 is 2.44 bits per heavy atom. The van der Waals surface area contributed by atoms with Crippen LogP contribution in [0.5, 0.6) is 0 Å². The first-order chi connectivity index (χ1) is 11.2. The lowest BCUT2D eigenvalue weighted by molar-refractivity contribution is -0.131. The van der Waals surface area contributed by atoms with Gasteiger partial charge in [-0.25, -0.2) is 0 Å². The molecule has 0 aromatic rings. The highest BCUT2D eigenvalue weighted by atomic mass is 35.5. The Morgan fingerprint density at radius 1 is 1.32 bits per heavy atom. The first-order valence-electron chi connectivity index (χ1n) is 9.55. The van der Waals surface area contributed by atoms with Crippen molar-refractivity contribution in [1.29, 1.82) is 0 Å². The first kappa shape index (κ1) is 22.2. The summed E-state index contributed by atoms with van der Waals surface area (Å²) in [5, 5.41) is 3.12. The van der Waals surface area contributed by atoms with Gasteiger partial charge < -0.3 is 16.0 Å². The van der Waals surface area contributed by atoms with Crippen molar-refractivity contribution in [3.8, 4) is 0 Å². The van der Waals surface area contributed by atoms with Gasteiger partial charge in [-0.05, 0) is 50.9 Å². The molecule has 1 saturated heterocycles. The van der Waals surface area contributed by atoms with Crippen LogP contribution in [0.1, 0.15) is 66.2 Å². The van der Waals surface area contributed by atoms with E-state index in [2.05, 4.69) is 26.1 Å². The minimum Gasteiger partial charge on any atom is -0.349 e. The van der Waals surface area contributed by atoms with Gasteiger partial charge in [0, 0.05) is 31.1 Å². The Kier molecular flexibility index (Phi) is 8.20. The number of carbonyl (C=O) groups excluding carboxylic acids is 2. The monoisotopic (exact) mass is 373 g/mol. The lowest BCUT2D eigenvalue weighted by atomic mass is 9.86. The molecule has 6 heteroatoms. The van der Waals surface area contributed by atoms with Crippen LogP contribution in [0.15, 0.2) is 0 Å². The Bertz CT molecular complexity index is 464. The van der Waals surface area contributed by atoms with Gasteiger partial charge in [0.2, 0.25) is 11.8 Å². The van der Waals surface area contributed by atoms with Crippen molar-refractivity contribution in [2.45, 2.75) is 77.8 Å². The number of halogens is 1. The van der Waals surface area contributed by atoms with Crippen LogP contribution in [0, 0.1) is 17.8 Å². The van der Waals surface area contributed by atoms with E-state index in [1.54, 1.807) is 0 Å². The van der Waals surface area contributed by atoms with E-state index in [0.717, 1.165) is 25.2 Å². The standard InChI is InChI=1S/C19H35N3O2.ClH/c1-13(2)10-19(4,12-20)21-18(24)15-9-17(23)22(11-15)16-7-5-14(3)6-8-16;/h13-16H,5-12,20H2,1-4H3,(H,21,24);1H. The highest BCUT2D eigenvalue weighted by Gasteiger charge is 2.40. The normalized spacial score (nSPS) is 29.3. The lowest BCUT2D eigenvalue weighted by Gasteiger charge is -2.34. The Hall–Kier alpha value is -0.810. The zero-order valence-corrected chi connectivity index (χ0v) is 17.0. The molecule has 0 aromatic heterocycles. The van der Waals surface area contributed by atoms with E-state index in [9.17, 15) is 9.59 Å². The molecule has 0 spiro atoms. The number of likely N-dealkylation sites (tertiary alicyclic amines) is 1. The molecule has 0 aromatic carbocycles. The lowest BCUT2D eigenvalue weighted by Crippen LogP contribution is -2.54. The summed E-state index contributed by atoms with van der Waals surface area (Å²) in [7, 11) is 0. The molecule has 1 aliphatic carbocycles. The van der Waals surface area contributed by atoms with E-state index in [1.165, 1.54) is 12.8 Å². The predicted molar refractivity (Wildman–Crippen MR) is 104 cm³/mol. The van der Waals surface area contributed by atoms with Gasteiger partial charge in [-0.3, -0.25) is 9.59 Å². The summed E-state index contributed by atoms with van der Waals surface area (Å²) in [6.07, 6.45) is 5.72. The van der Waals surface area contributed by atoms with Crippen molar-refractivity contribution >= 4 is 24.2 Å². The molecular weight excluding hydrogens is 338 g/mol. The van der Waals surface area contributed by atoms with Gasteiger partial charge in [-0.1, -0.05) is 20.8 Å². The number of nitrogens with one attached hydrogen (secondary N) is 1. The van der Waals surface area contributed by atoms with Gasteiger partial charge in [0.05, 0.1) is 5.92 Å². The molecule has 0 bridgehead atoms. The number of nitrogens with two attached hydrogens (primary N) is 1. The zero-order chi connectivity index (χ0) is 17.9. The third-order valence-corrected chi connectivity index (χ3v) is 5.69. The van der Waals surface area contributed by atoms with Gasteiger partial charge in [0.25, 0.3) is 0 Å². The third kappa shape index (κ3) is 5.85. The molecule has 25 heavy (non-hydrogen) atoms. The number of hydrogen-bond acceptors (Lipinski definition) is 3. The topological polar surface area (TPSA) is 75.4 Å². The summed E-state index contributed by atoms with van der Waals surface area (Å²) in [6.45, 7) is 9.53. The Balaban J connectivity index is 0.00000312. The van der Waals surface area contributed by atoms with Crippen molar-refractivity contribution < 1.29 is 9.59 Å². The predicted octanol–water partition coefficient (Wildman–Crippen LogP) is 2.72. The second-order valence-corrected chi connectivity index (χ2v) is 8.71. The SMILES string of the molecule is CC(C)CC(C)(CN)NC(=O)C1CC(=O)N(C2CCC(C)CC2)C1.Cl. The summed E-state index contributed by atoms with van der Waals surface area (Å²) >= 11 is 0. The minimum atomic E-state index is -0.387. The van der Waals surface area contributed by atoms with E-state index in [1.807, 2.05) is 11.8 Å². The highest BCUT2D eigenvalue weighted by Crippen LogP contribution is 2.31. The van der Waals surface area contributed by atoms with E-state index < -0.39 is 0 Å². The Labute approximate surface area is 158 Å². The van der Waals surface area contributed by atoms with Crippen LogP contribution in [-0.4, -0.2) is 41.4 Å². The van der Waals surface area contributed by atoms with Gasteiger partial charge in [0.15, 0.2) is 0 Å². The second kappa shape index (κ2) is 9.22. The fraction of sp³-hybridized carbons (Fsp3) is 0.895. The molecule has 1 aliphatic heterocycles. The van der Waals surface area contributed by atoms with Crippen LogP contribution in [0.25, 0.3) is 0 Å². The van der Waals surface area contributed by atoms with Crippen LogP contribution in [0.2, 0.25) is 0 Å². The molecule has 3 N–H and O–H groups in total. The highest BCUT2D eigenvalue weighted by molar-refractivity contribution is 5.89. The molecule has 146 valence electrons. The van der Waals surface area contributed by atoms with Crippen LogP contribution in [0.3, 0.4) is 0 Å². The molecule has 2 rings (SSSR count). The maximum Gasteiger partial charge on any atom is 0.225 e. The first-order valence-corrected chi connectivity index (χ1v) is 9.55. The fourth-order valence-corrected chi connectivity index (χ4v) is 4.30. The number of hydrogen-bond donors (Lipinski definition) is 2. The minimum absolute atomic E-state index is 0. The van der Waals surface area contributed by atoms with Crippen LogP contribution < -0.4 is 11.1 Å². The van der Waals surface area contributed by atoms with Crippen molar-refractivity contribution in [2.24, 2.45) is 23.5 Å². The Morgan fingerprint density at radius 2 is 1.92 bits per heavy atom. The third-order valence-electron chi connectivity index (χ3n) is 5.69. The molecule has 2 unspecified atom stereocenters. The largest absolute Gasteiger partial charge is 0.349 e. The van der Waals surface area contributed by atoms with E-state index >= 15 is 0 Å². The molecule has 1 saturated carbocycles. The fourth-order valence-electron chi connectivity index (χ4n) is 4.30. The number of carbonyl (C=O) groups is 2. The molecule has 1 heterocycles. The summed E-state index contributed by atoms with van der Waals surface area (Å²) in [4.78, 5) is 27.1. The molecule has 2 amide bonds. The summed E-state index contributed by atoms with van der Waals surface area (Å²) < 4.78 is 0. The van der Waals surface area contributed by atoms with Crippen LogP contribution in [-0.2, 0) is 9.59 Å². The summed E-state index contributed by atoms with van der Waals surface area (Å²) in [6, 6.07) is 0.336. The second-order valence-electron chi connectivity index (χ2n) is 8.71. The van der Waals surface area contributed by atoms with Gasteiger partial charge in [0.1, 0.15) is 0 Å². The maximum atomic E-state index is 12.7. The molecule has 2 fully saturated rings. The average molecular weight is 374 g/mol. The van der Waals surface area contributed by atoms with Gasteiger partial charge in [-0.15, -0.1) is 12.4 Å². The van der Waals surface area contributed by atoms with Crippen molar-refractivity contribution in [3.05, 3.63) is 0 Å². The van der Waals surface area contributed by atoms with Crippen LogP contribution >= 0.6 is 12.4 Å². The van der Waals surface area contributed by atoms with Gasteiger partial charge in [-0.2, -0.15) is 0 Å². The molecule has 5 nitrogen and oxygen atoms in total. The van der Waals surface area contributed by atoms with Crippen LogP contribution in [0.4, 0.5) is 0 Å². The summed E-state index contributed by atoms with van der Waals surface area (Å²) in [5.41, 5.74) is 5.51. The molecular formula is C19H36ClN3O2. The molecule has 0 radical (unpaired) electrons. The number of rotatable bonds is 6. The van der Waals surface area contributed by atoms with E-state index in [-0.39, 0.29) is 35.7 Å². The maximum absolute atomic E-state index is 12.7. The van der Waals surface area contributed by atoms with Crippen molar-refractivity contribution in [3.63, 3.8) is 0 Å². The van der Waals surface area contributed by atoms with E-state index in [4.69, 9.17) is 5.73 Å². The summed E-state index contributed by atoms with van der Waals surface area (Å²) in [5.74, 6) is 1.13. The average Bonchev–Trinajstić information content (AvgIpc) is 2.89. The molecule has 2 atom stereocenters. The smallest absolute Gasteiger partial charge is 0.225 e. The number of nitrogens with zero attached hydrogens (tertiary/aromatic N) is 1. The number of amides is 2. The molecule has 2 aliphatic rings. The van der Waals surface area contributed by atoms with E-state index in [0.29, 0.717) is 31.5 Å². The van der Waals surface area contributed by atoms with Gasteiger partial charge >= 0.3 is 0 Å². The quantitative estimate of drug-likeness (QED) is 0.751. The zero-order valence-electron chi connectivity index (χ0n) is 16.2. The van der Waals surface area contributed by atoms with Crippen molar-refractivity contribution in [2.75, 3.05) is 13.1 Å². The van der Waals surface area contributed by atoms with Crippen molar-refractivity contribution in [1.82, 2.24) is 10.2 Å².